The van der Waals surface area contributed by atoms with Crippen molar-refractivity contribution in [2.75, 3.05) is 11.1 Å². The first-order chi connectivity index (χ1) is 9.77. The van der Waals surface area contributed by atoms with Crippen LogP contribution in [0.2, 0.25) is 0 Å². The number of sulfonamides is 1. The van der Waals surface area contributed by atoms with E-state index < -0.39 is 21.7 Å². The van der Waals surface area contributed by atoms with Crippen LogP contribution in [0.3, 0.4) is 0 Å². The number of nitrogen functional groups attached to an aromatic ring is 1. The highest BCUT2D eigenvalue weighted by Crippen LogP contribution is 2.18. The number of primary sulfonamides is 1. The van der Waals surface area contributed by atoms with E-state index in [1.165, 1.54) is 30.3 Å². The maximum Gasteiger partial charge on any atom is 0.257 e. The second-order valence-corrected chi connectivity index (χ2v) is 5.82. The third-order valence-electron chi connectivity index (χ3n) is 2.68. The zero-order chi connectivity index (χ0) is 15.6. The molecule has 2 aromatic carbocycles. The second kappa shape index (κ2) is 5.51. The Bertz CT molecular complexity index is 806. The summed E-state index contributed by atoms with van der Waals surface area (Å²) in [6.45, 7) is 0. The van der Waals surface area contributed by atoms with Crippen molar-refractivity contribution in [3.63, 3.8) is 0 Å². The lowest BCUT2D eigenvalue weighted by molar-refractivity contribution is 0.102. The summed E-state index contributed by atoms with van der Waals surface area (Å²) in [5.74, 6) is -1.14. The molecule has 6 nitrogen and oxygen atoms in total. The molecule has 21 heavy (non-hydrogen) atoms. The largest absolute Gasteiger partial charge is 0.398 e. The van der Waals surface area contributed by atoms with E-state index in [9.17, 15) is 17.6 Å². The third kappa shape index (κ3) is 3.56. The molecule has 0 aromatic heterocycles. The first kappa shape index (κ1) is 14.9. The van der Waals surface area contributed by atoms with Crippen LogP contribution >= 0.6 is 0 Å². The van der Waals surface area contributed by atoms with Crippen LogP contribution in [0.4, 0.5) is 15.8 Å². The number of benzene rings is 2. The molecule has 0 fully saturated rings. The van der Waals surface area contributed by atoms with Crippen molar-refractivity contribution in [1.29, 1.82) is 0 Å². The summed E-state index contributed by atoms with van der Waals surface area (Å²) in [5.41, 5.74) is 5.85. The summed E-state index contributed by atoms with van der Waals surface area (Å²) in [6, 6.07) is 8.81. The van der Waals surface area contributed by atoms with Gasteiger partial charge in [-0.05, 0) is 36.4 Å². The lowest BCUT2D eigenvalue weighted by Gasteiger charge is -2.08. The van der Waals surface area contributed by atoms with Gasteiger partial charge < -0.3 is 11.1 Å². The van der Waals surface area contributed by atoms with E-state index in [0.717, 1.165) is 12.1 Å². The van der Waals surface area contributed by atoms with Crippen molar-refractivity contribution in [3.05, 3.63) is 53.8 Å². The van der Waals surface area contributed by atoms with Crippen LogP contribution in [0.1, 0.15) is 10.4 Å². The normalized spacial score (nSPS) is 11.1. The van der Waals surface area contributed by atoms with Gasteiger partial charge in [0, 0.05) is 11.4 Å². The Morgan fingerprint density at radius 1 is 1.14 bits per heavy atom. The van der Waals surface area contributed by atoms with E-state index >= 15 is 0 Å². The molecule has 0 heterocycles. The summed E-state index contributed by atoms with van der Waals surface area (Å²) in [7, 11) is -3.87. The molecule has 5 N–H and O–H groups in total. The second-order valence-electron chi connectivity index (χ2n) is 4.26. The molecule has 0 aliphatic heterocycles. The summed E-state index contributed by atoms with van der Waals surface area (Å²) in [4.78, 5) is 11.9. The molecule has 1 amide bonds. The van der Waals surface area contributed by atoms with Gasteiger partial charge >= 0.3 is 0 Å². The van der Waals surface area contributed by atoms with Gasteiger partial charge in [-0.3, -0.25) is 4.79 Å². The van der Waals surface area contributed by atoms with Crippen molar-refractivity contribution in [2.24, 2.45) is 5.14 Å². The topological polar surface area (TPSA) is 115 Å². The Labute approximate surface area is 120 Å². The highest BCUT2D eigenvalue weighted by atomic mass is 32.2. The van der Waals surface area contributed by atoms with Gasteiger partial charge in [0.2, 0.25) is 10.0 Å². The zero-order valence-corrected chi connectivity index (χ0v) is 11.5. The predicted molar refractivity (Wildman–Crippen MR) is 76.6 cm³/mol. The van der Waals surface area contributed by atoms with Crippen LogP contribution in [-0.2, 0) is 10.0 Å². The number of carbonyl (C=O) groups excluding carboxylic acids is 1. The summed E-state index contributed by atoms with van der Waals surface area (Å²) >= 11 is 0. The van der Waals surface area contributed by atoms with Gasteiger partial charge in [-0.25, -0.2) is 17.9 Å². The number of nitrogens with two attached hydrogens (primary N) is 2. The molecule has 0 aliphatic carbocycles. The number of anilines is 2. The van der Waals surface area contributed by atoms with Crippen LogP contribution in [0.15, 0.2) is 47.4 Å². The quantitative estimate of drug-likeness (QED) is 0.741. The molecule has 8 heteroatoms. The van der Waals surface area contributed by atoms with Crippen molar-refractivity contribution < 1.29 is 17.6 Å². The summed E-state index contributed by atoms with van der Waals surface area (Å²) < 4.78 is 35.4. The molecule has 0 radical (unpaired) electrons. The minimum atomic E-state index is -3.87. The predicted octanol–water partition coefficient (Wildman–Crippen LogP) is 1.31. The number of amides is 1. The average Bonchev–Trinajstić information content (AvgIpc) is 2.37. The highest BCUT2D eigenvalue weighted by molar-refractivity contribution is 7.89. The van der Waals surface area contributed by atoms with E-state index in [1.807, 2.05) is 0 Å². The van der Waals surface area contributed by atoms with Crippen LogP contribution < -0.4 is 16.2 Å². The molecular formula is C13H12FN3O3S. The molecule has 0 unspecified atom stereocenters. The number of nitrogens with one attached hydrogen (secondary N) is 1. The molecule has 0 aliphatic rings. The van der Waals surface area contributed by atoms with E-state index in [2.05, 4.69) is 5.32 Å². The third-order valence-corrected chi connectivity index (χ3v) is 3.59. The number of halogens is 1. The molecule has 2 aromatic rings. The average molecular weight is 309 g/mol. The molecule has 0 saturated carbocycles. The van der Waals surface area contributed by atoms with Gasteiger partial charge in [0.05, 0.1) is 10.5 Å². The van der Waals surface area contributed by atoms with Gasteiger partial charge in [-0.15, -0.1) is 0 Å². The first-order valence-corrected chi connectivity index (χ1v) is 7.31. The zero-order valence-electron chi connectivity index (χ0n) is 10.7. The van der Waals surface area contributed by atoms with Gasteiger partial charge in [0.1, 0.15) is 5.82 Å². The van der Waals surface area contributed by atoms with Gasteiger partial charge in [0.15, 0.2) is 0 Å². The lowest BCUT2D eigenvalue weighted by atomic mass is 10.1. The molecule has 2 rings (SSSR count). The minimum absolute atomic E-state index is 0.0184. The SMILES string of the molecule is Nc1cc(F)ccc1C(=O)Nc1cccc(S(N)(=O)=O)c1. The maximum absolute atomic E-state index is 12.9. The molecule has 0 bridgehead atoms. The number of rotatable bonds is 3. The van der Waals surface area contributed by atoms with Gasteiger partial charge in [-0.1, -0.05) is 6.07 Å². The van der Waals surface area contributed by atoms with Crippen LogP contribution in [0, 0.1) is 5.82 Å². The first-order valence-electron chi connectivity index (χ1n) is 5.76. The minimum Gasteiger partial charge on any atom is -0.398 e. The monoisotopic (exact) mass is 309 g/mol. The van der Waals surface area contributed by atoms with E-state index in [0.29, 0.717) is 0 Å². The Kier molecular flexibility index (Phi) is 3.92. The number of hydrogen-bond donors (Lipinski definition) is 3. The van der Waals surface area contributed by atoms with Gasteiger partial charge in [-0.2, -0.15) is 0 Å². The van der Waals surface area contributed by atoms with E-state index in [4.69, 9.17) is 10.9 Å². The van der Waals surface area contributed by atoms with Gasteiger partial charge in [0.25, 0.3) is 5.91 Å². The Morgan fingerprint density at radius 2 is 1.86 bits per heavy atom. The fourth-order valence-electron chi connectivity index (χ4n) is 1.69. The highest BCUT2D eigenvalue weighted by Gasteiger charge is 2.13. The Balaban J connectivity index is 2.28. The van der Waals surface area contributed by atoms with Crippen molar-refractivity contribution >= 4 is 27.3 Å². The number of hydrogen-bond acceptors (Lipinski definition) is 4. The smallest absolute Gasteiger partial charge is 0.257 e. The molecule has 110 valence electrons. The van der Waals surface area contributed by atoms with Crippen LogP contribution in [-0.4, -0.2) is 14.3 Å². The van der Waals surface area contributed by atoms with Crippen molar-refractivity contribution in [2.45, 2.75) is 4.90 Å². The van der Waals surface area contributed by atoms with Crippen molar-refractivity contribution in [1.82, 2.24) is 0 Å². The fourth-order valence-corrected chi connectivity index (χ4v) is 2.25. The van der Waals surface area contributed by atoms with Crippen LogP contribution in [0.5, 0.6) is 0 Å². The molecule has 0 spiro atoms. The summed E-state index contributed by atoms with van der Waals surface area (Å²) in [6.07, 6.45) is 0. The van der Waals surface area contributed by atoms with E-state index in [-0.39, 0.29) is 21.8 Å². The Morgan fingerprint density at radius 3 is 2.48 bits per heavy atom. The number of carbonyl (C=O) groups is 1. The molecule has 0 saturated heterocycles. The van der Waals surface area contributed by atoms with E-state index in [1.54, 1.807) is 0 Å². The Hall–Kier alpha value is -2.45. The molecule has 0 atom stereocenters. The molecular weight excluding hydrogens is 297 g/mol. The fraction of sp³-hybridized carbons (Fsp3) is 0. The lowest BCUT2D eigenvalue weighted by Crippen LogP contribution is -2.16. The standard InChI is InChI=1S/C13H12FN3O3S/c14-8-4-5-11(12(15)6-8)13(18)17-9-2-1-3-10(7-9)21(16,19)20/h1-7H,15H2,(H,17,18)(H2,16,19,20). The maximum atomic E-state index is 12.9. The van der Waals surface area contributed by atoms with Crippen LogP contribution in [0.25, 0.3) is 0 Å². The summed E-state index contributed by atoms with van der Waals surface area (Å²) in [5, 5.41) is 7.48. The van der Waals surface area contributed by atoms with Crippen molar-refractivity contribution in [3.8, 4) is 0 Å².